The number of carbonyl (C=O) groups is 2. The number of rotatable bonds is 3. The SMILES string of the molecule is C=C/C=C(\C=C)C1CC(=O)NC(=O)N1. The fraction of sp³-hybridized carbons (Fsp3) is 0.200. The number of allylic oxidation sites excluding steroid dienone is 2. The van der Waals surface area contributed by atoms with E-state index < -0.39 is 6.03 Å². The Morgan fingerprint density at radius 1 is 1.43 bits per heavy atom. The third-order valence-electron chi connectivity index (χ3n) is 1.90. The van der Waals surface area contributed by atoms with Crippen molar-refractivity contribution in [3.8, 4) is 0 Å². The van der Waals surface area contributed by atoms with Crippen molar-refractivity contribution in [1.82, 2.24) is 10.6 Å². The number of urea groups is 1. The standard InChI is InChI=1S/C10H12N2O2/c1-3-5-7(4-2)8-6-9(13)12-10(14)11-8/h3-5,8H,1-2,6H2,(H2,11,12,13,14)/b7-5+. The summed E-state index contributed by atoms with van der Waals surface area (Å²) in [4.78, 5) is 22.0. The molecule has 0 aromatic heterocycles. The van der Waals surface area contributed by atoms with Gasteiger partial charge in [-0.1, -0.05) is 31.4 Å². The van der Waals surface area contributed by atoms with E-state index in [1.807, 2.05) is 0 Å². The smallest absolute Gasteiger partial charge is 0.321 e. The van der Waals surface area contributed by atoms with Gasteiger partial charge in [0.05, 0.1) is 12.5 Å². The lowest BCUT2D eigenvalue weighted by molar-refractivity contribution is -0.121. The zero-order valence-electron chi connectivity index (χ0n) is 7.75. The first kappa shape index (κ1) is 10.2. The van der Waals surface area contributed by atoms with Gasteiger partial charge in [-0.3, -0.25) is 10.1 Å². The Morgan fingerprint density at radius 3 is 2.64 bits per heavy atom. The second kappa shape index (κ2) is 4.41. The maximum atomic E-state index is 11.0. The van der Waals surface area contributed by atoms with Crippen LogP contribution >= 0.6 is 0 Å². The third kappa shape index (κ3) is 2.32. The predicted molar refractivity (Wildman–Crippen MR) is 53.6 cm³/mol. The lowest BCUT2D eigenvalue weighted by Gasteiger charge is -2.23. The maximum Gasteiger partial charge on any atom is 0.321 e. The van der Waals surface area contributed by atoms with Gasteiger partial charge in [0.1, 0.15) is 0 Å². The van der Waals surface area contributed by atoms with Crippen molar-refractivity contribution in [3.63, 3.8) is 0 Å². The molecule has 3 amide bonds. The Morgan fingerprint density at radius 2 is 2.14 bits per heavy atom. The Kier molecular flexibility index (Phi) is 3.23. The number of imide groups is 1. The van der Waals surface area contributed by atoms with Crippen LogP contribution in [0.25, 0.3) is 0 Å². The van der Waals surface area contributed by atoms with Crippen molar-refractivity contribution in [2.24, 2.45) is 0 Å². The van der Waals surface area contributed by atoms with Gasteiger partial charge in [-0.2, -0.15) is 0 Å². The molecule has 0 bridgehead atoms. The van der Waals surface area contributed by atoms with Crippen LogP contribution in [0.3, 0.4) is 0 Å². The van der Waals surface area contributed by atoms with Crippen molar-refractivity contribution < 1.29 is 9.59 Å². The van der Waals surface area contributed by atoms with Crippen molar-refractivity contribution in [2.45, 2.75) is 12.5 Å². The fourth-order valence-corrected chi connectivity index (χ4v) is 1.27. The van der Waals surface area contributed by atoms with Crippen LogP contribution in [0.4, 0.5) is 4.79 Å². The minimum atomic E-state index is -0.469. The number of carbonyl (C=O) groups excluding carboxylic acids is 2. The lowest BCUT2D eigenvalue weighted by Crippen LogP contribution is -2.52. The van der Waals surface area contributed by atoms with E-state index in [0.717, 1.165) is 5.57 Å². The van der Waals surface area contributed by atoms with Crippen LogP contribution in [-0.2, 0) is 4.79 Å². The third-order valence-corrected chi connectivity index (χ3v) is 1.90. The summed E-state index contributed by atoms with van der Waals surface area (Å²) in [5.74, 6) is -0.282. The molecule has 1 aliphatic heterocycles. The van der Waals surface area contributed by atoms with Crippen LogP contribution in [-0.4, -0.2) is 18.0 Å². The summed E-state index contributed by atoms with van der Waals surface area (Å²) in [7, 11) is 0. The highest BCUT2D eigenvalue weighted by molar-refractivity contribution is 5.97. The van der Waals surface area contributed by atoms with Crippen LogP contribution < -0.4 is 10.6 Å². The second-order valence-electron chi connectivity index (χ2n) is 2.88. The maximum absolute atomic E-state index is 11.0. The largest absolute Gasteiger partial charge is 0.330 e. The Labute approximate surface area is 82.4 Å². The summed E-state index contributed by atoms with van der Waals surface area (Å²) < 4.78 is 0. The van der Waals surface area contributed by atoms with Crippen molar-refractivity contribution >= 4 is 11.9 Å². The quantitative estimate of drug-likeness (QED) is 0.652. The monoisotopic (exact) mass is 192 g/mol. The van der Waals surface area contributed by atoms with Crippen molar-refractivity contribution in [2.75, 3.05) is 0 Å². The molecule has 1 aliphatic rings. The fourth-order valence-electron chi connectivity index (χ4n) is 1.27. The van der Waals surface area contributed by atoms with Gasteiger partial charge in [-0.25, -0.2) is 4.79 Å². The van der Waals surface area contributed by atoms with Crippen LogP contribution in [0.5, 0.6) is 0 Å². The Balaban J connectivity index is 2.80. The minimum absolute atomic E-state index is 0.234. The molecule has 1 rings (SSSR count). The van der Waals surface area contributed by atoms with E-state index in [1.54, 1.807) is 18.2 Å². The van der Waals surface area contributed by atoms with E-state index in [2.05, 4.69) is 23.8 Å². The molecule has 1 atom stereocenters. The van der Waals surface area contributed by atoms with E-state index in [1.165, 1.54) is 0 Å². The summed E-state index contributed by atoms with van der Waals surface area (Å²) in [6, 6.07) is -0.769. The predicted octanol–water partition coefficient (Wildman–Crippen LogP) is 0.883. The first-order valence-corrected chi connectivity index (χ1v) is 4.22. The van der Waals surface area contributed by atoms with E-state index in [4.69, 9.17) is 0 Å². The molecule has 0 spiro atoms. The zero-order chi connectivity index (χ0) is 10.6. The summed E-state index contributed by atoms with van der Waals surface area (Å²) in [6.07, 6.45) is 5.15. The van der Waals surface area contributed by atoms with Gasteiger partial charge in [0.2, 0.25) is 5.91 Å². The average molecular weight is 192 g/mol. The highest BCUT2D eigenvalue weighted by Crippen LogP contribution is 2.10. The number of nitrogens with one attached hydrogen (secondary N) is 2. The molecule has 1 fully saturated rings. The molecule has 14 heavy (non-hydrogen) atoms. The summed E-state index contributed by atoms with van der Waals surface area (Å²) in [6.45, 7) is 7.15. The Hall–Kier alpha value is -1.84. The van der Waals surface area contributed by atoms with Crippen molar-refractivity contribution in [3.05, 3.63) is 37.0 Å². The molecule has 0 aromatic rings. The van der Waals surface area contributed by atoms with E-state index in [-0.39, 0.29) is 18.4 Å². The molecule has 0 aromatic carbocycles. The lowest BCUT2D eigenvalue weighted by atomic mass is 10.0. The highest BCUT2D eigenvalue weighted by atomic mass is 16.2. The number of hydrogen-bond acceptors (Lipinski definition) is 2. The molecule has 0 radical (unpaired) electrons. The molecular weight excluding hydrogens is 180 g/mol. The Bertz CT molecular complexity index is 302. The number of amides is 3. The minimum Gasteiger partial charge on any atom is -0.330 e. The van der Waals surface area contributed by atoms with Gasteiger partial charge >= 0.3 is 6.03 Å². The summed E-state index contributed by atoms with van der Waals surface area (Å²) >= 11 is 0. The first-order chi connectivity index (χ1) is 6.67. The van der Waals surface area contributed by atoms with E-state index in [9.17, 15) is 9.59 Å². The van der Waals surface area contributed by atoms with Gasteiger partial charge in [0.25, 0.3) is 0 Å². The molecule has 4 nitrogen and oxygen atoms in total. The molecule has 0 saturated carbocycles. The summed E-state index contributed by atoms with van der Waals surface area (Å²) in [5.41, 5.74) is 0.781. The normalized spacial score (nSPS) is 22.3. The van der Waals surface area contributed by atoms with Gasteiger partial charge in [0, 0.05) is 0 Å². The van der Waals surface area contributed by atoms with Crippen molar-refractivity contribution in [1.29, 1.82) is 0 Å². The molecule has 1 saturated heterocycles. The van der Waals surface area contributed by atoms with Gasteiger partial charge < -0.3 is 5.32 Å². The topological polar surface area (TPSA) is 58.2 Å². The second-order valence-corrected chi connectivity index (χ2v) is 2.88. The zero-order valence-corrected chi connectivity index (χ0v) is 7.75. The molecule has 1 unspecified atom stereocenters. The van der Waals surface area contributed by atoms with Gasteiger partial charge in [0.15, 0.2) is 0 Å². The summed E-state index contributed by atoms with van der Waals surface area (Å²) in [5, 5.41) is 4.78. The highest BCUT2D eigenvalue weighted by Gasteiger charge is 2.24. The molecule has 4 heteroatoms. The molecule has 74 valence electrons. The van der Waals surface area contributed by atoms with Crippen LogP contribution in [0.2, 0.25) is 0 Å². The first-order valence-electron chi connectivity index (χ1n) is 4.22. The number of hydrogen-bond donors (Lipinski definition) is 2. The van der Waals surface area contributed by atoms with Gasteiger partial charge in [-0.15, -0.1) is 0 Å². The molecule has 0 aliphatic carbocycles. The van der Waals surface area contributed by atoms with E-state index >= 15 is 0 Å². The van der Waals surface area contributed by atoms with Crippen LogP contribution in [0, 0.1) is 0 Å². The average Bonchev–Trinajstić information content (AvgIpc) is 2.12. The van der Waals surface area contributed by atoms with Crippen LogP contribution in [0.15, 0.2) is 37.0 Å². The molecule has 2 N–H and O–H groups in total. The van der Waals surface area contributed by atoms with Gasteiger partial charge in [-0.05, 0) is 5.57 Å². The molecular formula is C10H12N2O2. The van der Waals surface area contributed by atoms with Crippen LogP contribution in [0.1, 0.15) is 6.42 Å². The van der Waals surface area contributed by atoms with E-state index in [0.29, 0.717) is 0 Å². The molecule has 1 heterocycles.